The number of rotatable bonds is 10. The quantitative estimate of drug-likeness (QED) is 0.274. The molecule has 0 heterocycles. The minimum absolute atomic E-state index is 0.0726. The lowest BCUT2D eigenvalue weighted by Gasteiger charge is -2.24. The van der Waals surface area contributed by atoms with Gasteiger partial charge in [0.25, 0.3) is 0 Å². The van der Waals surface area contributed by atoms with Crippen LogP contribution in [0.2, 0.25) is 0 Å². The van der Waals surface area contributed by atoms with Crippen LogP contribution in [0.3, 0.4) is 0 Å². The Kier molecular flexibility index (Phi) is 8.90. The number of hydrogen-bond donors (Lipinski definition) is 0. The maximum atomic E-state index is 15.0. The average Bonchev–Trinajstić information content (AvgIpc) is 2.90. The molecule has 1 aliphatic rings. The highest BCUT2D eigenvalue weighted by Crippen LogP contribution is 2.34. The monoisotopic (exact) mass is 492 g/mol. The van der Waals surface area contributed by atoms with Gasteiger partial charge in [-0.15, -0.1) is 0 Å². The van der Waals surface area contributed by atoms with Gasteiger partial charge in [0, 0.05) is 17.0 Å². The first-order valence-electron chi connectivity index (χ1n) is 13.2. The first kappa shape index (κ1) is 26.1. The molecule has 0 fully saturated rings. The summed E-state index contributed by atoms with van der Waals surface area (Å²) >= 11 is 0. The van der Waals surface area contributed by atoms with Crippen LogP contribution in [0.15, 0.2) is 72.6 Å². The van der Waals surface area contributed by atoms with E-state index in [0.717, 1.165) is 44.9 Å². The van der Waals surface area contributed by atoms with Crippen molar-refractivity contribution in [3.05, 3.63) is 89.8 Å². The highest BCUT2D eigenvalue weighted by molar-refractivity contribution is 5.72. The van der Waals surface area contributed by atoms with E-state index in [9.17, 15) is 8.78 Å². The Labute approximate surface area is 213 Å². The molecule has 0 aromatic heterocycles. The fraction of sp³-hybridized carbons (Fsp3) is 0.375. The average molecular weight is 493 g/mol. The molecule has 1 nitrogen and oxygen atoms in total. The smallest absolute Gasteiger partial charge is 0.167 e. The molecule has 2 unspecified atom stereocenters. The first-order valence-corrected chi connectivity index (χ1v) is 13.2. The van der Waals surface area contributed by atoms with Gasteiger partial charge in [0.1, 0.15) is 11.6 Å². The largest absolute Gasteiger partial charge is 0.493 e. The molecule has 2 atom stereocenters. The highest BCUT2D eigenvalue weighted by atomic mass is 19.2. The number of aryl methyl sites for hydroxylation is 1. The van der Waals surface area contributed by atoms with Crippen LogP contribution in [0.1, 0.15) is 57.9 Å². The summed E-state index contributed by atoms with van der Waals surface area (Å²) in [4.78, 5) is 0. The molecule has 0 aliphatic heterocycles. The number of unbranched alkanes of at least 4 members (excludes halogenated alkanes) is 1. The molecule has 190 valence electrons. The summed E-state index contributed by atoms with van der Waals surface area (Å²) in [6.07, 6.45) is 8.84. The van der Waals surface area contributed by atoms with Crippen LogP contribution in [-0.2, 0) is 6.42 Å². The maximum absolute atomic E-state index is 15.0. The van der Waals surface area contributed by atoms with E-state index in [1.54, 1.807) is 42.5 Å². The van der Waals surface area contributed by atoms with Gasteiger partial charge in [0.15, 0.2) is 11.6 Å². The lowest BCUT2D eigenvalue weighted by molar-refractivity contribution is 0.222. The number of allylic oxidation sites excluding steroid dienone is 1. The molecule has 3 aromatic rings. The van der Waals surface area contributed by atoms with Crippen LogP contribution < -0.4 is 4.74 Å². The van der Waals surface area contributed by atoms with Crippen LogP contribution in [0.5, 0.6) is 5.75 Å². The van der Waals surface area contributed by atoms with E-state index in [0.29, 0.717) is 22.8 Å². The van der Waals surface area contributed by atoms with Crippen LogP contribution in [0, 0.1) is 23.5 Å². The van der Waals surface area contributed by atoms with Gasteiger partial charge >= 0.3 is 0 Å². The third kappa shape index (κ3) is 6.21. The summed E-state index contributed by atoms with van der Waals surface area (Å²) in [6.45, 7) is 4.53. The van der Waals surface area contributed by atoms with Crippen molar-refractivity contribution in [2.24, 2.45) is 11.8 Å². The molecule has 0 amide bonds. The van der Waals surface area contributed by atoms with E-state index >= 15 is 4.39 Å². The third-order valence-electron chi connectivity index (χ3n) is 7.10. The normalized spacial score (nSPS) is 17.6. The molecule has 0 bridgehead atoms. The van der Waals surface area contributed by atoms with Crippen molar-refractivity contribution < 1.29 is 17.9 Å². The van der Waals surface area contributed by atoms with Gasteiger partial charge in [0.05, 0.1) is 6.61 Å². The lowest BCUT2D eigenvalue weighted by Crippen LogP contribution is -2.19. The molecule has 0 N–H and O–H groups in total. The standard InChI is InChI=1S/C32H35F3O/c1-3-5-7-23-10-13-26(30(33)20-23)21-36-27-16-14-25(15-17-27)29-19-18-28(31(34)32(29)35)24-11-8-22(6-4-2)9-12-24/h8-9,11-12,14-20,23,26H,3-7,10,13,21H2,1-2H3. The Balaban J connectivity index is 1.41. The minimum Gasteiger partial charge on any atom is -0.493 e. The van der Waals surface area contributed by atoms with Gasteiger partial charge in [-0.25, -0.2) is 13.2 Å². The van der Waals surface area contributed by atoms with E-state index in [4.69, 9.17) is 4.74 Å². The van der Waals surface area contributed by atoms with E-state index in [1.165, 1.54) is 5.56 Å². The van der Waals surface area contributed by atoms with Gasteiger partial charge in [-0.3, -0.25) is 0 Å². The molecule has 0 radical (unpaired) electrons. The Morgan fingerprint density at radius 2 is 1.36 bits per heavy atom. The summed E-state index contributed by atoms with van der Waals surface area (Å²) in [7, 11) is 0. The fourth-order valence-corrected chi connectivity index (χ4v) is 4.92. The number of hydrogen-bond acceptors (Lipinski definition) is 1. The lowest BCUT2D eigenvalue weighted by atomic mass is 9.85. The molecular weight excluding hydrogens is 457 g/mol. The van der Waals surface area contributed by atoms with E-state index in [1.807, 2.05) is 24.3 Å². The zero-order valence-corrected chi connectivity index (χ0v) is 21.2. The maximum Gasteiger partial charge on any atom is 0.167 e. The Hall–Kier alpha value is -3.01. The van der Waals surface area contributed by atoms with Crippen molar-refractivity contribution in [3.63, 3.8) is 0 Å². The summed E-state index contributed by atoms with van der Waals surface area (Å²) in [5.74, 6) is -1.10. The first-order chi connectivity index (χ1) is 17.5. The number of ether oxygens (including phenoxy) is 1. The zero-order valence-electron chi connectivity index (χ0n) is 21.2. The van der Waals surface area contributed by atoms with Crippen molar-refractivity contribution in [1.82, 2.24) is 0 Å². The van der Waals surface area contributed by atoms with E-state index < -0.39 is 11.6 Å². The van der Waals surface area contributed by atoms with Gasteiger partial charge in [-0.2, -0.15) is 0 Å². The molecule has 36 heavy (non-hydrogen) atoms. The van der Waals surface area contributed by atoms with Crippen LogP contribution in [0.4, 0.5) is 13.2 Å². The van der Waals surface area contributed by atoms with Crippen molar-refractivity contribution in [2.75, 3.05) is 6.61 Å². The van der Waals surface area contributed by atoms with Gasteiger partial charge in [-0.05, 0) is 66.5 Å². The number of halogens is 3. The van der Waals surface area contributed by atoms with Crippen molar-refractivity contribution >= 4 is 0 Å². The summed E-state index contributed by atoms with van der Waals surface area (Å²) < 4.78 is 50.3. The number of benzene rings is 3. The highest BCUT2D eigenvalue weighted by Gasteiger charge is 2.24. The van der Waals surface area contributed by atoms with Crippen LogP contribution in [-0.4, -0.2) is 6.61 Å². The predicted octanol–water partition coefficient (Wildman–Crippen LogP) is 9.70. The predicted molar refractivity (Wildman–Crippen MR) is 142 cm³/mol. The van der Waals surface area contributed by atoms with Gasteiger partial charge in [0.2, 0.25) is 0 Å². The van der Waals surface area contributed by atoms with Crippen molar-refractivity contribution in [1.29, 1.82) is 0 Å². The Morgan fingerprint density at radius 3 is 1.92 bits per heavy atom. The van der Waals surface area contributed by atoms with Crippen molar-refractivity contribution in [3.8, 4) is 28.0 Å². The SMILES string of the molecule is CCCCC1C=C(F)C(COc2ccc(-c3ccc(-c4ccc(CCC)cc4)c(F)c3F)cc2)CC1. The molecule has 0 saturated carbocycles. The van der Waals surface area contributed by atoms with Gasteiger partial charge in [-0.1, -0.05) is 81.6 Å². The Bertz CT molecular complexity index is 1170. The van der Waals surface area contributed by atoms with E-state index in [-0.39, 0.29) is 29.5 Å². The molecule has 3 aromatic carbocycles. The summed E-state index contributed by atoms with van der Waals surface area (Å²) in [5, 5.41) is 0. The van der Waals surface area contributed by atoms with Crippen LogP contribution in [0.25, 0.3) is 22.3 Å². The second-order valence-electron chi connectivity index (χ2n) is 9.80. The van der Waals surface area contributed by atoms with Crippen LogP contribution >= 0.6 is 0 Å². The second-order valence-corrected chi connectivity index (χ2v) is 9.80. The van der Waals surface area contributed by atoms with E-state index in [2.05, 4.69) is 13.8 Å². The molecule has 4 heteroatoms. The third-order valence-corrected chi connectivity index (χ3v) is 7.10. The topological polar surface area (TPSA) is 9.23 Å². The minimum atomic E-state index is -0.870. The zero-order chi connectivity index (χ0) is 25.5. The molecular formula is C32H35F3O. The molecule has 1 aliphatic carbocycles. The van der Waals surface area contributed by atoms with Gasteiger partial charge < -0.3 is 4.74 Å². The summed E-state index contributed by atoms with van der Waals surface area (Å²) in [6, 6.07) is 17.7. The molecule has 0 spiro atoms. The molecule has 0 saturated heterocycles. The Morgan fingerprint density at radius 1 is 0.750 bits per heavy atom. The summed E-state index contributed by atoms with van der Waals surface area (Å²) in [5.41, 5.74) is 2.84. The van der Waals surface area contributed by atoms with Crippen molar-refractivity contribution in [2.45, 2.75) is 58.8 Å². The fourth-order valence-electron chi connectivity index (χ4n) is 4.92. The molecule has 4 rings (SSSR count). The second kappa shape index (κ2) is 12.3.